The molecule has 4 rings (SSSR count). The van der Waals surface area contributed by atoms with Crippen LogP contribution in [0.5, 0.6) is 17.2 Å². The highest BCUT2D eigenvalue weighted by Crippen LogP contribution is 2.40. The molecule has 11 heteroatoms. The third kappa shape index (κ3) is 6.86. The van der Waals surface area contributed by atoms with Crippen LogP contribution < -0.4 is 20.2 Å². The summed E-state index contributed by atoms with van der Waals surface area (Å²) in [6, 6.07) is 16.1. The van der Waals surface area contributed by atoms with Crippen LogP contribution in [0, 0.1) is 0 Å². The van der Waals surface area contributed by atoms with Gasteiger partial charge >= 0.3 is 12.1 Å². The molecule has 0 radical (unpaired) electrons. The molecule has 1 N–H and O–H groups in total. The van der Waals surface area contributed by atoms with Crippen molar-refractivity contribution in [3.05, 3.63) is 93.8 Å². The van der Waals surface area contributed by atoms with E-state index in [1.54, 1.807) is 25.1 Å². The predicted molar refractivity (Wildman–Crippen MR) is 145 cm³/mol. The van der Waals surface area contributed by atoms with Crippen LogP contribution in [-0.2, 0) is 15.7 Å². The third-order valence-corrected chi connectivity index (χ3v) is 5.88. The zero-order valence-electron chi connectivity index (χ0n) is 22.3. The number of para-hydroxylation sites is 1. The van der Waals surface area contributed by atoms with Crippen LogP contribution in [0.1, 0.15) is 48.4 Å². The summed E-state index contributed by atoms with van der Waals surface area (Å²) in [5.41, 5.74) is -0.0729. The fraction of sp³-hybridized carbons (Fsp3) is 0.233. The number of anilines is 1. The first-order valence-corrected chi connectivity index (χ1v) is 12.6. The minimum absolute atomic E-state index is 0.000375. The molecule has 0 saturated carbocycles. The minimum Gasteiger partial charge on any atom is -0.484 e. The van der Waals surface area contributed by atoms with Gasteiger partial charge in [-0.05, 0) is 60.9 Å². The molecule has 0 bridgehead atoms. The van der Waals surface area contributed by atoms with Crippen LogP contribution in [0.2, 0.25) is 0 Å². The van der Waals surface area contributed by atoms with Crippen molar-refractivity contribution in [2.75, 3.05) is 18.5 Å². The largest absolute Gasteiger partial charge is 0.484 e. The first-order chi connectivity index (χ1) is 19.5. The highest BCUT2D eigenvalue weighted by molar-refractivity contribution is 5.93. The molecule has 214 valence electrons. The second-order valence-corrected chi connectivity index (χ2v) is 9.17. The van der Waals surface area contributed by atoms with Crippen LogP contribution in [-0.4, -0.2) is 25.1 Å². The Labute approximate surface area is 232 Å². The Morgan fingerprint density at radius 1 is 1.00 bits per heavy atom. The number of ether oxygens (including phenoxy) is 3. The van der Waals surface area contributed by atoms with Gasteiger partial charge in [0, 0.05) is 11.8 Å². The van der Waals surface area contributed by atoms with Gasteiger partial charge < -0.3 is 23.9 Å². The molecular formula is C30H26F3NO7. The second-order valence-electron chi connectivity index (χ2n) is 9.17. The maximum absolute atomic E-state index is 14.0. The Morgan fingerprint density at radius 3 is 2.37 bits per heavy atom. The van der Waals surface area contributed by atoms with Gasteiger partial charge in [0.1, 0.15) is 17.1 Å². The van der Waals surface area contributed by atoms with Crippen LogP contribution in [0.25, 0.3) is 11.0 Å². The number of fused-ring (bicyclic) bond motifs is 1. The number of amides is 1. The molecule has 0 aliphatic heterocycles. The molecule has 1 aromatic heterocycles. The van der Waals surface area contributed by atoms with Gasteiger partial charge in [-0.1, -0.05) is 32.0 Å². The summed E-state index contributed by atoms with van der Waals surface area (Å²) in [6.07, 6.45) is -5.03. The minimum atomic E-state index is -5.03. The van der Waals surface area contributed by atoms with Crippen molar-refractivity contribution in [1.29, 1.82) is 0 Å². The van der Waals surface area contributed by atoms with Gasteiger partial charge in [0.15, 0.2) is 6.61 Å². The Morgan fingerprint density at radius 2 is 1.71 bits per heavy atom. The fourth-order valence-corrected chi connectivity index (χ4v) is 3.94. The van der Waals surface area contributed by atoms with Crippen molar-refractivity contribution in [3.8, 4) is 17.2 Å². The second kappa shape index (κ2) is 12.2. The Kier molecular flexibility index (Phi) is 8.65. The lowest BCUT2D eigenvalue weighted by Crippen LogP contribution is -2.20. The SMILES string of the molecule is CCOC(=O)c1ccc(NC(=O)COc2ccc3c(=O)c(Oc4ccccc4C(C)C)c(C(F)(F)F)oc3c2)cc1. The lowest BCUT2D eigenvalue weighted by atomic mass is 10.0. The van der Waals surface area contributed by atoms with Gasteiger partial charge in [0.25, 0.3) is 11.7 Å². The quantitative estimate of drug-likeness (QED) is 0.218. The maximum atomic E-state index is 14.0. The van der Waals surface area contributed by atoms with Crippen molar-refractivity contribution in [2.45, 2.75) is 32.9 Å². The van der Waals surface area contributed by atoms with Crippen LogP contribution in [0.15, 0.2) is 75.9 Å². The first-order valence-electron chi connectivity index (χ1n) is 12.6. The summed E-state index contributed by atoms with van der Waals surface area (Å²) >= 11 is 0. The third-order valence-electron chi connectivity index (χ3n) is 5.88. The standard InChI is InChI=1S/C30H26F3NO7/c1-4-38-29(37)18-9-11-19(12-10-18)34-25(35)16-39-20-13-14-22-24(15-20)41-28(30(31,32)33)27(26(22)36)40-23-8-6-5-7-21(23)17(2)3/h5-15,17H,4,16H2,1-3H3,(H,34,35). The summed E-state index contributed by atoms with van der Waals surface area (Å²) < 4.78 is 62.9. The fourth-order valence-electron chi connectivity index (χ4n) is 3.94. The van der Waals surface area contributed by atoms with E-state index in [2.05, 4.69) is 5.32 Å². The van der Waals surface area contributed by atoms with Crippen molar-refractivity contribution in [3.63, 3.8) is 0 Å². The van der Waals surface area contributed by atoms with Crippen molar-refractivity contribution in [1.82, 2.24) is 0 Å². The van der Waals surface area contributed by atoms with E-state index in [-0.39, 0.29) is 35.0 Å². The van der Waals surface area contributed by atoms with E-state index in [0.717, 1.165) is 6.07 Å². The molecule has 41 heavy (non-hydrogen) atoms. The summed E-state index contributed by atoms with van der Waals surface area (Å²) in [4.78, 5) is 37.2. The van der Waals surface area contributed by atoms with Gasteiger partial charge in [0.05, 0.1) is 17.6 Å². The number of nitrogens with one attached hydrogen (secondary N) is 1. The number of esters is 1. The highest BCUT2D eigenvalue weighted by atomic mass is 19.4. The topological polar surface area (TPSA) is 104 Å². The van der Waals surface area contributed by atoms with E-state index >= 15 is 0 Å². The van der Waals surface area contributed by atoms with E-state index in [1.807, 2.05) is 13.8 Å². The number of rotatable bonds is 9. The normalized spacial score (nSPS) is 11.4. The van der Waals surface area contributed by atoms with Crippen molar-refractivity contribution in [2.24, 2.45) is 0 Å². The maximum Gasteiger partial charge on any atom is 0.453 e. The number of hydrogen-bond acceptors (Lipinski definition) is 7. The molecule has 0 fully saturated rings. The average Bonchev–Trinajstić information content (AvgIpc) is 2.93. The van der Waals surface area contributed by atoms with E-state index in [1.165, 1.54) is 42.5 Å². The Bertz CT molecular complexity index is 1630. The number of alkyl halides is 3. The van der Waals surface area contributed by atoms with Gasteiger partial charge in [-0.25, -0.2) is 4.79 Å². The van der Waals surface area contributed by atoms with Crippen molar-refractivity contribution >= 4 is 28.5 Å². The van der Waals surface area contributed by atoms with E-state index in [0.29, 0.717) is 16.8 Å². The molecule has 0 atom stereocenters. The highest BCUT2D eigenvalue weighted by Gasteiger charge is 2.40. The summed E-state index contributed by atoms with van der Waals surface area (Å²) in [6.45, 7) is 5.12. The molecule has 0 spiro atoms. The number of carbonyl (C=O) groups is 2. The predicted octanol–water partition coefficient (Wildman–Crippen LogP) is 6.92. The molecule has 0 unspecified atom stereocenters. The summed E-state index contributed by atoms with van der Waals surface area (Å²) in [5, 5.41) is 2.42. The molecule has 0 aliphatic rings. The molecule has 1 amide bonds. The lowest BCUT2D eigenvalue weighted by molar-refractivity contribution is -0.154. The van der Waals surface area contributed by atoms with Crippen molar-refractivity contribution < 1.29 is 41.4 Å². The van der Waals surface area contributed by atoms with Gasteiger partial charge in [0.2, 0.25) is 11.2 Å². The molecule has 0 aliphatic carbocycles. The zero-order chi connectivity index (χ0) is 29.7. The van der Waals surface area contributed by atoms with Crippen LogP contribution in [0.3, 0.4) is 0 Å². The van der Waals surface area contributed by atoms with Crippen LogP contribution in [0.4, 0.5) is 18.9 Å². The number of hydrogen-bond donors (Lipinski definition) is 1. The van der Waals surface area contributed by atoms with Gasteiger partial charge in [-0.2, -0.15) is 13.2 Å². The monoisotopic (exact) mass is 569 g/mol. The molecular weight excluding hydrogens is 543 g/mol. The summed E-state index contributed by atoms with van der Waals surface area (Å²) in [5.74, 6) is -3.59. The van der Waals surface area contributed by atoms with Gasteiger partial charge in [-0.3, -0.25) is 9.59 Å². The smallest absolute Gasteiger partial charge is 0.453 e. The lowest BCUT2D eigenvalue weighted by Gasteiger charge is -2.16. The molecule has 0 saturated heterocycles. The Balaban J connectivity index is 1.54. The number of halogens is 3. The summed E-state index contributed by atoms with van der Waals surface area (Å²) in [7, 11) is 0. The zero-order valence-corrected chi connectivity index (χ0v) is 22.3. The average molecular weight is 570 g/mol. The van der Waals surface area contributed by atoms with E-state index in [9.17, 15) is 27.6 Å². The van der Waals surface area contributed by atoms with E-state index < -0.39 is 41.6 Å². The molecule has 4 aromatic rings. The number of carbonyl (C=O) groups excluding carboxylic acids is 2. The Hall–Kier alpha value is -4.80. The van der Waals surface area contributed by atoms with Crippen LogP contribution >= 0.6 is 0 Å². The molecule has 1 heterocycles. The van der Waals surface area contributed by atoms with Gasteiger partial charge in [-0.15, -0.1) is 0 Å². The van der Waals surface area contributed by atoms with E-state index in [4.69, 9.17) is 18.6 Å². The molecule has 8 nitrogen and oxygen atoms in total. The first kappa shape index (κ1) is 29.2. The molecule has 3 aromatic carbocycles. The number of benzene rings is 3.